The number of hydrogen-bond acceptors (Lipinski definition) is 10. The molecule has 0 spiro atoms. The van der Waals surface area contributed by atoms with Crippen LogP contribution in [0.2, 0.25) is 0 Å². The third kappa shape index (κ3) is 37.7. The van der Waals surface area contributed by atoms with Crippen molar-refractivity contribution in [2.75, 3.05) is 13.2 Å². The van der Waals surface area contributed by atoms with Crippen LogP contribution in [0.4, 0.5) is 0 Å². The molecule has 0 bridgehead atoms. The lowest BCUT2D eigenvalue weighted by molar-refractivity contribution is -0.303. The van der Waals surface area contributed by atoms with Crippen molar-refractivity contribution in [2.24, 2.45) is 0 Å². The molecule has 1 aliphatic heterocycles. The third-order valence-electron chi connectivity index (χ3n) is 14.4. The first-order valence-electron chi connectivity index (χ1n) is 29.9. The number of ether oxygens (including phenoxy) is 2. The number of amides is 1. The summed E-state index contributed by atoms with van der Waals surface area (Å²) in [6.07, 6.45) is 49.5. The van der Waals surface area contributed by atoms with E-state index in [1.807, 2.05) is 0 Å². The van der Waals surface area contributed by atoms with E-state index in [9.17, 15) is 40.5 Å². The van der Waals surface area contributed by atoms with Crippen molar-refractivity contribution in [3.8, 4) is 0 Å². The van der Waals surface area contributed by atoms with E-state index in [2.05, 4.69) is 55.6 Å². The highest BCUT2D eigenvalue weighted by Gasteiger charge is 2.44. The Kier molecular flexibility index (Phi) is 46.7. The average molecular weight is 1010 g/mol. The van der Waals surface area contributed by atoms with E-state index < -0.39 is 74.2 Å². The van der Waals surface area contributed by atoms with Gasteiger partial charge in [0, 0.05) is 0 Å². The molecular formula is C60H113NO10. The topological polar surface area (TPSA) is 189 Å². The van der Waals surface area contributed by atoms with Crippen molar-refractivity contribution in [1.82, 2.24) is 5.32 Å². The summed E-state index contributed by atoms with van der Waals surface area (Å²) in [5.41, 5.74) is 0. The maximum Gasteiger partial charge on any atom is 0.249 e. The van der Waals surface area contributed by atoms with E-state index in [1.54, 1.807) is 0 Å². The largest absolute Gasteiger partial charge is 0.394 e. The van der Waals surface area contributed by atoms with Crippen LogP contribution in [0.5, 0.6) is 0 Å². The summed E-state index contributed by atoms with van der Waals surface area (Å²) >= 11 is 0. The van der Waals surface area contributed by atoms with Crippen LogP contribution in [-0.4, -0.2) is 110 Å². The third-order valence-corrected chi connectivity index (χ3v) is 14.4. The van der Waals surface area contributed by atoms with Crippen molar-refractivity contribution >= 4 is 5.91 Å². The van der Waals surface area contributed by atoms with Gasteiger partial charge in [-0.05, 0) is 57.8 Å². The Labute approximate surface area is 435 Å². The van der Waals surface area contributed by atoms with Crippen LogP contribution in [0, 0.1) is 0 Å². The number of aliphatic hydroxyl groups excluding tert-OH is 7. The second-order valence-corrected chi connectivity index (χ2v) is 21.0. The molecule has 418 valence electrons. The van der Waals surface area contributed by atoms with Crippen LogP contribution in [0.1, 0.15) is 271 Å². The fourth-order valence-electron chi connectivity index (χ4n) is 9.60. The minimum Gasteiger partial charge on any atom is -0.394 e. The molecule has 1 fully saturated rings. The lowest BCUT2D eigenvalue weighted by atomic mass is 9.98. The van der Waals surface area contributed by atoms with Gasteiger partial charge in [0.1, 0.15) is 36.6 Å². The monoisotopic (exact) mass is 1010 g/mol. The molecule has 9 atom stereocenters. The molecule has 0 aromatic heterocycles. The molecule has 1 heterocycles. The van der Waals surface area contributed by atoms with Gasteiger partial charge in [0.15, 0.2) is 6.29 Å². The smallest absolute Gasteiger partial charge is 0.249 e. The van der Waals surface area contributed by atoms with Gasteiger partial charge in [-0.25, -0.2) is 0 Å². The highest BCUT2D eigenvalue weighted by atomic mass is 16.7. The Morgan fingerprint density at radius 3 is 1.27 bits per heavy atom. The Morgan fingerprint density at radius 1 is 0.493 bits per heavy atom. The standard InChI is InChI=1S/C60H113NO10/c1-3-5-7-9-11-13-15-17-18-19-20-21-22-23-24-25-26-27-28-29-30-31-32-33-34-36-38-40-42-44-46-48-53(64)59(69)61-51(50-70-60-58(68)57(67)56(66)54(49-62)71-60)55(65)52(63)47-45-43-41-39-37-35-16-14-12-10-8-6-4-2/h6,8,14,16,39,41,51-58,60,62-68H,3-5,7,9-13,15,17-38,40,42-50H2,1-2H3,(H,61,69)/b8-6+,16-14+,41-39+. The van der Waals surface area contributed by atoms with Crippen LogP contribution in [-0.2, 0) is 14.3 Å². The second kappa shape index (κ2) is 49.2. The van der Waals surface area contributed by atoms with Gasteiger partial charge in [0.05, 0.1) is 25.4 Å². The average Bonchev–Trinajstić information content (AvgIpc) is 3.37. The molecule has 11 nitrogen and oxygen atoms in total. The normalized spacial score (nSPS) is 20.4. The van der Waals surface area contributed by atoms with Crippen LogP contribution in [0.3, 0.4) is 0 Å². The Morgan fingerprint density at radius 2 is 0.873 bits per heavy atom. The summed E-state index contributed by atoms with van der Waals surface area (Å²) in [7, 11) is 0. The lowest BCUT2D eigenvalue weighted by Gasteiger charge is -2.40. The van der Waals surface area contributed by atoms with Gasteiger partial charge < -0.3 is 50.5 Å². The van der Waals surface area contributed by atoms with Gasteiger partial charge >= 0.3 is 0 Å². The van der Waals surface area contributed by atoms with Crippen LogP contribution >= 0.6 is 0 Å². The van der Waals surface area contributed by atoms with Crippen molar-refractivity contribution < 1.29 is 50.0 Å². The molecule has 1 aliphatic rings. The molecule has 0 aromatic carbocycles. The van der Waals surface area contributed by atoms with Crippen molar-refractivity contribution in [3.05, 3.63) is 36.5 Å². The summed E-state index contributed by atoms with van der Waals surface area (Å²) in [5, 5.41) is 75.9. The molecule has 71 heavy (non-hydrogen) atoms. The first-order chi connectivity index (χ1) is 34.7. The number of allylic oxidation sites excluding steroid dienone is 6. The predicted molar refractivity (Wildman–Crippen MR) is 293 cm³/mol. The maximum atomic E-state index is 13.2. The number of carbonyl (C=O) groups is 1. The van der Waals surface area contributed by atoms with Crippen LogP contribution < -0.4 is 5.32 Å². The van der Waals surface area contributed by atoms with Gasteiger partial charge in [0.2, 0.25) is 5.91 Å². The van der Waals surface area contributed by atoms with Gasteiger partial charge in [-0.2, -0.15) is 0 Å². The van der Waals surface area contributed by atoms with Crippen LogP contribution in [0.15, 0.2) is 36.5 Å². The minimum absolute atomic E-state index is 0.241. The molecule has 0 aromatic rings. The van der Waals surface area contributed by atoms with E-state index in [4.69, 9.17) is 9.47 Å². The predicted octanol–water partition coefficient (Wildman–Crippen LogP) is 12.7. The first-order valence-corrected chi connectivity index (χ1v) is 29.9. The highest BCUT2D eigenvalue weighted by molar-refractivity contribution is 5.80. The van der Waals surface area contributed by atoms with E-state index >= 15 is 0 Å². The highest BCUT2D eigenvalue weighted by Crippen LogP contribution is 2.23. The molecular weight excluding hydrogens is 895 g/mol. The van der Waals surface area contributed by atoms with Crippen molar-refractivity contribution in [1.29, 1.82) is 0 Å². The lowest BCUT2D eigenvalue weighted by Crippen LogP contribution is -2.60. The summed E-state index contributed by atoms with van der Waals surface area (Å²) in [5.74, 6) is -0.710. The molecule has 8 N–H and O–H groups in total. The zero-order valence-corrected chi connectivity index (χ0v) is 45.7. The molecule has 11 heteroatoms. The van der Waals surface area contributed by atoms with Gasteiger partial charge in [-0.3, -0.25) is 4.79 Å². The van der Waals surface area contributed by atoms with Gasteiger partial charge in [-0.1, -0.05) is 249 Å². The Balaban J connectivity index is 2.20. The number of rotatable bonds is 51. The van der Waals surface area contributed by atoms with Crippen LogP contribution in [0.25, 0.3) is 0 Å². The quantitative estimate of drug-likeness (QED) is 0.0215. The summed E-state index contributed by atoms with van der Waals surface area (Å²) < 4.78 is 11.1. The van der Waals surface area contributed by atoms with E-state index in [0.29, 0.717) is 19.3 Å². The number of nitrogens with one attached hydrogen (secondary N) is 1. The Bertz CT molecular complexity index is 1250. The fraction of sp³-hybridized carbons (Fsp3) is 0.883. The minimum atomic E-state index is -1.67. The zero-order valence-electron chi connectivity index (χ0n) is 45.7. The number of unbranched alkanes of at least 4 members (excludes halogenated alkanes) is 33. The molecule has 1 rings (SSSR count). The summed E-state index contributed by atoms with van der Waals surface area (Å²) in [4.78, 5) is 13.2. The van der Waals surface area contributed by atoms with Gasteiger partial charge in [-0.15, -0.1) is 0 Å². The Hall–Kier alpha value is -1.67. The van der Waals surface area contributed by atoms with Crippen molar-refractivity contribution in [3.63, 3.8) is 0 Å². The molecule has 0 radical (unpaired) electrons. The SMILES string of the molecule is CC/C=C/CC/C=C/CC/C=C/CCCC(O)C(O)C(COC1OC(CO)C(O)C(O)C1O)NC(=O)C(O)CCCCCCCCCCCCCCCCCCCCCCCCCCCCCCCCC. The fourth-order valence-corrected chi connectivity index (χ4v) is 9.60. The van der Waals surface area contributed by atoms with E-state index in [-0.39, 0.29) is 12.8 Å². The van der Waals surface area contributed by atoms with Gasteiger partial charge in [0.25, 0.3) is 0 Å². The summed E-state index contributed by atoms with van der Waals surface area (Å²) in [6, 6.07) is -1.19. The number of hydrogen-bond donors (Lipinski definition) is 8. The molecule has 9 unspecified atom stereocenters. The van der Waals surface area contributed by atoms with Crippen molar-refractivity contribution in [2.45, 2.75) is 326 Å². The second-order valence-electron chi connectivity index (χ2n) is 21.0. The molecule has 0 saturated carbocycles. The number of carbonyl (C=O) groups excluding carboxylic acids is 1. The number of aliphatic hydroxyl groups is 7. The van der Waals surface area contributed by atoms with E-state index in [1.165, 1.54) is 173 Å². The molecule has 1 saturated heterocycles. The van der Waals surface area contributed by atoms with E-state index in [0.717, 1.165) is 51.4 Å². The molecule has 0 aliphatic carbocycles. The molecule has 1 amide bonds. The maximum absolute atomic E-state index is 13.2. The zero-order chi connectivity index (χ0) is 51.8. The summed E-state index contributed by atoms with van der Waals surface area (Å²) in [6.45, 7) is 3.34. The first kappa shape index (κ1) is 67.3.